The van der Waals surface area contributed by atoms with Gasteiger partial charge in [-0.05, 0) is 36.5 Å². The fourth-order valence-electron chi connectivity index (χ4n) is 3.92. The Bertz CT molecular complexity index is 434. The SMILES string of the molecule is CC(=O)OCSCO[C@@]1(COC(C)=O)CC[C@H]2C[C@@H]1C2(C)C. The van der Waals surface area contributed by atoms with Crippen LogP contribution >= 0.6 is 11.8 Å². The zero-order chi connectivity index (χ0) is 16.4. The maximum atomic E-state index is 11.2. The van der Waals surface area contributed by atoms with E-state index in [0.717, 1.165) is 25.2 Å². The Morgan fingerprint density at radius 3 is 2.36 bits per heavy atom. The van der Waals surface area contributed by atoms with Crippen molar-refractivity contribution < 1.29 is 23.8 Å². The van der Waals surface area contributed by atoms with Gasteiger partial charge in [0.1, 0.15) is 18.1 Å². The molecule has 22 heavy (non-hydrogen) atoms. The van der Waals surface area contributed by atoms with E-state index >= 15 is 0 Å². The number of hydrogen-bond acceptors (Lipinski definition) is 6. The Labute approximate surface area is 136 Å². The molecule has 5 nitrogen and oxygen atoms in total. The van der Waals surface area contributed by atoms with Gasteiger partial charge < -0.3 is 14.2 Å². The molecule has 0 aromatic rings. The van der Waals surface area contributed by atoms with E-state index in [9.17, 15) is 9.59 Å². The van der Waals surface area contributed by atoms with Crippen molar-refractivity contribution in [2.75, 3.05) is 18.5 Å². The monoisotopic (exact) mass is 330 g/mol. The third-order valence-corrected chi connectivity index (χ3v) is 5.89. The van der Waals surface area contributed by atoms with Crippen LogP contribution in [0.4, 0.5) is 0 Å². The second-order valence-electron chi connectivity index (χ2n) is 6.91. The van der Waals surface area contributed by atoms with Gasteiger partial charge in [0.25, 0.3) is 0 Å². The maximum Gasteiger partial charge on any atom is 0.303 e. The summed E-state index contributed by atoms with van der Waals surface area (Å²) >= 11 is 1.42. The molecule has 0 N–H and O–H groups in total. The van der Waals surface area contributed by atoms with Gasteiger partial charge >= 0.3 is 11.9 Å². The van der Waals surface area contributed by atoms with Crippen LogP contribution in [0.5, 0.6) is 0 Å². The molecule has 0 aromatic carbocycles. The van der Waals surface area contributed by atoms with Crippen LogP contribution in [-0.4, -0.2) is 36.0 Å². The van der Waals surface area contributed by atoms with E-state index in [1.165, 1.54) is 25.6 Å². The highest BCUT2D eigenvalue weighted by molar-refractivity contribution is 7.98. The first kappa shape index (κ1) is 17.6. The van der Waals surface area contributed by atoms with Gasteiger partial charge in [-0.3, -0.25) is 9.59 Å². The number of ether oxygens (including phenoxy) is 3. The normalized spacial score (nSPS) is 32.0. The molecule has 3 fully saturated rings. The number of carbonyl (C=O) groups is 2. The van der Waals surface area contributed by atoms with Crippen LogP contribution in [0.3, 0.4) is 0 Å². The van der Waals surface area contributed by atoms with Crippen molar-refractivity contribution in [2.45, 2.75) is 52.6 Å². The van der Waals surface area contributed by atoms with Crippen molar-refractivity contribution >= 4 is 23.7 Å². The molecule has 6 heteroatoms. The molecule has 0 radical (unpaired) electrons. The smallest absolute Gasteiger partial charge is 0.303 e. The van der Waals surface area contributed by atoms with Crippen molar-refractivity contribution in [3.8, 4) is 0 Å². The fourth-order valence-corrected chi connectivity index (χ4v) is 4.56. The highest BCUT2D eigenvalue weighted by Gasteiger charge is 2.62. The van der Waals surface area contributed by atoms with Crippen LogP contribution in [0.25, 0.3) is 0 Å². The fraction of sp³-hybridized carbons (Fsp3) is 0.875. The van der Waals surface area contributed by atoms with Crippen LogP contribution in [0.15, 0.2) is 0 Å². The lowest BCUT2D eigenvalue weighted by Crippen LogP contribution is -2.64. The van der Waals surface area contributed by atoms with E-state index in [1.54, 1.807) is 0 Å². The van der Waals surface area contributed by atoms with E-state index in [1.807, 2.05) is 0 Å². The Morgan fingerprint density at radius 2 is 1.82 bits per heavy atom. The highest BCUT2D eigenvalue weighted by Crippen LogP contribution is 2.63. The van der Waals surface area contributed by atoms with Crippen LogP contribution in [0, 0.1) is 17.3 Å². The van der Waals surface area contributed by atoms with E-state index in [4.69, 9.17) is 14.2 Å². The van der Waals surface area contributed by atoms with Crippen LogP contribution in [0.2, 0.25) is 0 Å². The summed E-state index contributed by atoms with van der Waals surface area (Å²) in [6, 6.07) is 0. The van der Waals surface area contributed by atoms with Crippen molar-refractivity contribution in [1.29, 1.82) is 0 Å². The summed E-state index contributed by atoms with van der Waals surface area (Å²) in [4.78, 5) is 22.0. The topological polar surface area (TPSA) is 61.8 Å². The third kappa shape index (κ3) is 3.59. The second-order valence-corrected chi connectivity index (χ2v) is 7.79. The first-order valence-electron chi connectivity index (χ1n) is 7.76. The van der Waals surface area contributed by atoms with E-state index in [-0.39, 0.29) is 23.3 Å². The minimum atomic E-state index is -0.396. The molecule has 0 saturated heterocycles. The molecule has 2 bridgehead atoms. The molecule has 3 saturated carbocycles. The molecule has 0 spiro atoms. The summed E-state index contributed by atoms with van der Waals surface area (Å²) in [5.74, 6) is 1.33. The molecule has 0 aromatic heterocycles. The quantitative estimate of drug-likeness (QED) is 0.406. The Balaban J connectivity index is 1.94. The summed E-state index contributed by atoms with van der Waals surface area (Å²) in [6.07, 6.45) is 3.18. The Hall–Kier alpha value is -0.750. The number of hydrogen-bond donors (Lipinski definition) is 0. The highest BCUT2D eigenvalue weighted by atomic mass is 32.2. The number of fused-ring (bicyclic) bond motifs is 2. The van der Waals surface area contributed by atoms with Crippen LogP contribution in [0.1, 0.15) is 47.0 Å². The van der Waals surface area contributed by atoms with Gasteiger partial charge in [0.15, 0.2) is 0 Å². The molecule has 3 aliphatic rings. The Morgan fingerprint density at radius 1 is 1.14 bits per heavy atom. The molecule has 0 heterocycles. The number of carbonyl (C=O) groups excluding carboxylic acids is 2. The first-order valence-corrected chi connectivity index (χ1v) is 8.92. The number of thioether (sulfide) groups is 1. The molecular weight excluding hydrogens is 304 g/mol. The van der Waals surface area contributed by atoms with Gasteiger partial charge in [-0.25, -0.2) is 0 Å². The molecular formula is C16H26O5S. The largest absolute Gasteiger partial charge is 0.463 e. The van der Waals surface area contributed by atoms with Gasteiger partial charge in [-0.1, -0.05) is 25.6 Å². The summed E-state index contributed by atoms with van der Waals surface area (Å²) in [6.45, 7) is 7.70. The van der Waals surface area contributed by atoms with E-state index in [0.29, 0.717) is 18.5 Å². The van der Waals surface area contributed by atoms with Crippen molar-refractivity contribution in [3.63, 3.8) is 0 Å². The van der Waals surface area contributed by atoms with Gasteiger partial charge in [0.2, 0.25) is 0 Å². The molecule has 0 unspecified atom stereocenters. The number of esters is 2. The Kier molecular flexibility index (Phi) is 5.43. The predicted octanol–water partition coefficient (Wildman–Crippen LogP) is 2.97. The average molecular weight is 330 g/mol. The minimum absolute atomic E-state index is 0.235. The van der Waals surface area contributed by atoms with Gasteiger partial charge in [-0.15, -0.1) is 0 Å². The standard InChI is InChI=1S/C16H26O5S/c1-11(17)19-8-16(21-10-22-9-20-12(2)18)6-5-13-7-14(16)15(13,3)4/h13-14H,5-10H2,1-4H3/t13-,14+,16+/m0/s1. The van der Waals surface area contributed by atoms with Crippen LogP contribution in [-0.2, 0) is 23.8 Å². The lowest BCUT2D eigenvalue weighted by molar-refractivity contribution is -0.236. The summed E-state index contributed by atoms with van der Waals surface area (Å²) in [5.41, 5.74) is -0.161. The summed E-state index contributed by atoms with van der Waals surface area (Å²) in [5, 5.41) is 0. The third-order valence-electron chi connectivity index (χ3n) is 5.32. The van der Waals surface area contributed by atoms with Crippen molar-refractivity contribution in [1.82, 2.24) is 0 Å². The minimum Gasteiger partial charge on any atom is -0.463 e. The molecule has 3 aliphatic carbocycles. The summed E-state index contributed by atoms with van der Waals surface area (Å²) < 4.78 is 16.4. The first-order chi connectivity index (χ1) is 10.3. The molecule has 0 aliphatic heterocycles. The van der Waals surface area contributed by atoms with Gasteiger partial charge in [0.05, 0.1) is 5.94 Å². The average Bonchev–Trinajstić information content (AvgIpc) is 2.44. The zero-order valence-corrected chi connectivity index (χ0v) is 14.7. The van der Waals surface area contributed by atoms with Gasteiger partial charge in [-0.2, -0.15) is 0 Å². The summed E-state index contributed by atoms with van der Waals surface area (Å²) in [7, 11) is 0. The maximum absolute atomic E-state index is 11.2. The molecule has 3 rings (SSSR count). The van der Waals surface area contributed by atoms with Crippen LogP contribution < -0.4 is 0 Å². The lowest BCUT2D eigenvalue weighted by atomic mass is 9.44. The van der Waals surface area contributed by atoms with Crippen molar-refractivity contribution in [2.24, 2.45) is 17.3 Å². The predicted molar refractivity (Wildman–Crippen MR) is 84.2 cm³/mol. The van der Waals surface area contributed by atoms with E-state index < -0.39 is 5.60 Å². The number of rotatable bonds is 7. The van der Waals surface area contributed by atoms with Gasteiger partial charge in [0, 0.05) is 13.8 Å². The second kappa shape index (κ2) is 6.79. The van der Waals surface area contributed by atoms with E-state index in [2.05, 4.69) is 13.8 Å². The van der Waals surface area contributed by atoms with Crippen molar-refractivity contribution in [3.05, 3.63) is 0 Å². The zero-order valence-electron chi connectivity index (χ0n) is 13.8. The molecule has 0 amide bonds. The lowest BCUT2D eigenvalue weighted by Gasteiger charge is -2.64. The molecule has 126 valence electrons. The molecule has 3 atom stereocenters.